The number of phenols is 1. The predicted molar refractivity (Wildman–Crippen MR) is 95.4 cm³/mol. The van der Waals surface area contributed by atoms with Gasteiger partial charge in [0.05, 0.1) is 0 Å². The van der Waals surface area contributed by atoms with Gasteiger partial charge in [-0.1, -0.05) is 23.7 Å². The van der Waals surface area contributed by atoms with Crippen molar-refractivity contribution in [2.75, 3.05) is 4.90 Å². The average molecular weight is 389 g/mol. The van der Waals surface area contributed by atoms with E-state index < -0.39 is 23.4 Å². The number of carbonyl (C=O) groups is 2. The molecule has 27 heavy (non-hydrogen) atoms. The molecule has 0 unspecified atom stereocenters. The van der Waals surface area contributed by atoms with Crippen LogP contribution in [0.3, 0.4) is 0 Å². The number of hydrogen-bond acceptors (Lipinski definition) is 5. The van der Waals surface area contributed by atoms with Crippen LogP contribution in [0.5, 0.6) is 17.4 Å². The van der Waals surface area contributed by atoms with Gasteiger partial charge < -0.3 is 9.84 Å². The van der Waals surface area contributed by atoms with Crippen molar-refractivity contribution >= 4 is 29.2 Å². The van der Waals surface area contributed by atoms with Crippen molar-refractivity contribution in [3.63, 3.8) is 0 Å². The topological polar surface area (TPSA) is 79.7 Å². The van der Waals surface area contributed by atoms with Gasteiger partial charge in [-0.05, 0) is 37.8 Å². The molecule has 1 N–H and O–H groups in total. The molecular formula is C19H14ClFN2O4. The Kier molecular flexibility index (Phi) is 4.31. The van der Waals surface area contributed by atoms with Crippen LogP contribution in [-0.4, -0.2) is 21.9 Å². The Morgan fingerprint density at radius 2 is 1.74 bits per heavy atom. The van der Waals surface area contributed by atoms with Crippen molar-refractivity contribution in [1.29, 1.82) is 0 Å². The first-order chi connectivity index (χ1) is 13.0. The van der Waals surface area contributed by atoms with E-state index >= 15 is 0 Å². The first kappa shape index (κ1) is 17.5. The number of imide groups is 1. The predicted octanol–water partition coefficient (Wildman–Crippen LogP) is 4.12. The lowest BCUT2D eigenvalue weighted by Crippen LogP contribution is -2.33. The minimum atomic E-state index is -0.911. The number of phenolic OH excluding ortho intramolecular Hbond substituents is 1. The van der Waals surface area contributed by atoms with Gasteiger partial charge in [0, 0.05) is 17.2 Å². The number of pyridine rings is 1. The Morgan fingerprint density at radius 1 is 1.11 bits per heavy atom. The van der Waals surface area contributed by atoms with Crippen LogP contribution in [0.15, 0.2) is 41.5 Å². The van der Waals surface area contributed by atoms with Gasteiger partial charge in [0.15, 0.2) is 23.1 Å². The number of aromatic nitrogens is 1. The van der Waals surface area contributed by atoms with Gasteiger partial charge >= 0.3 is 0 Å². The van der Waals surface area contributed by atoms with Crippen LogP contribution in [0.1, 0.15) is 25.7 Å². The first-order valence-corrected chi connectivity index (χ1v) is 8.78. The van der Waals surface area contributed by atoms with Crippen molar-refractivity contribution in [2.24, 2.45) is 0 Å². The Hall–Kier alpha value is -2.93. The molecule has 1 aliphatic carbocycles. The van der Waals surface area contributed by atoms with E-state index in [1.54, 1.807) is 12.1 Å². The maximum Gasteiger partial charge on any atom is 0.263 e. The van der Waals surface area contributed by atoms with E-state index in [9.17, 15) is 19.1 Å². The van der Waals surface area contributed by atoms with Crippen LogP contribution in [0, 0.1) is 5.82 Å². The number of carbonyl (C=O) groups excluding carboxylic acids is 2. The van der Waals surface area contributed by atoms with Gasteiger partial charge in [-0.15, -0.1) is 0 Å². The summed E-state index contributed by atoms with van der Waals surface area (Å²) in [6, 6.07) is 7.03. The number of anilines is 1. The van der Waals surface area contributed by atoms with E-state index in [4.69, 9.17) is 16.3 Å². The summed E-state index contributed by atoms with van der Waals surface area (Å²) in [5, 5.41) is 9.67. The lowest BCUT2D eigenvalue weighted by molar-refractivity contribution is -0.120. The Balaban J connectivity index is 1.73. The van der Waals surface area contributed by atoms with E-state index in [2.05, 4.69) is 4.98 Å². The Morgan fingerprint density at radius 3 is 2.37 bits per heavy atom. The molecular weight excluding hydrogens is 375 g/mol. The van der Waals surface area contributed by atoms with E-state index in [-0.39, 0.29) is 22.4 Å². The Labute approximate surface area is 158 Å². The number of para-hydroxylation sites is 2. The number of rotatable bonds is 3. The second-order valence-electron chi connectivity index (χ2n) is 6.26. The highest BCUT2D eigenvalue weighted by atomic mass is 35.5. The molecule has 1 aromatic heterocycles. The van der Waals surface area contributed by atoms with Gasteiger partial charge in [0.25, 0.3) is 11.8 Å². The Bertz CT molecular complexity index is 977. The summed E-state index contributed by atoms with van der Waals surface area (Å²) in [6.07, 6.45) is 2.60. The molecule has 4 rings (SSSR count). The highest BCUT2D eigenvalue weighted by Gasteiger charge is 2.41. The van der Waals surface area contributed by atoms with Gasteiger partial charge in [0.2, 0.25) is 5.88 Å². The molecule has 2 aliphatic rings. The third-order valence-electron chi connectivity index (χ3n) is 4.55. The monoisotopic (exact) mass is 388 g/mol. The van der Waals surface area contributed by atoms with E-state index in [1.807, 2.05) is 0 Å². The van der Waals surface area contributed by atoms with Crippen LogP contribution in [0.25, 0.3) is 0 Å². The first-order valence-electron chi connectivity index (χ1n) is 8.40. The molecule has 0 saturated heterocycles. The summed E-state index contributed by atoms with van der Waals surface area (Å²) in [4.78, 5) is 30.0. The maximum absolute atomic E-state index is 14.5. The molecule has 8 heteroatoms. The molecule has 0 spiro atoms. The third-order valence-corrected chi connectivity index (χ3v) is 4.82. The third kappa shape index (κ3) is 2.94. The number of nitrogens with zero attached hydrogens (tertiary/aromatic N) is 2. The van der Waals surface area contributed by atoms with Crippen LogP contribution >= 0.6 is 11.6 Å². The molecule has 0 radical (unpaired) electrons. The normalized spacial score (nSPS) is 16.7. The second-order valence-corrected chi connectivity index (χ2v) is 6.67. The van der Waals surface area contributed by atoms with E-state index in [0.717, 1.165) is 23.8 Å². The quantitative estimate of drug-likeness (QED) is 0.800. The number of amides is 2. The summed E-state index contributed by atoms with van der Waals surface area (Å²) in [5.74, 6) is -2.82. The SMILES string of the molecule is O=C1C2=C(CCCC2)C(=O)N1c1nc(Oc2ccccc2O)c(Cl)cc1F. The highest BCUT2D eigenvalue weighted by Crippen LogP contribution is 2.39. The van der Waals surface area contributed by atoms with Gasteiger partial charge in [0.1, 0.15) is 5.02 Å². The molecule has 0 fully saturated rings. The molecule has 2 amide bonds. The molecule has 0 bridgehead atoms. The highest BCUT2D eigenvalue weighted by molar-refractivity contribution is 6.33. The van der Waals surface area contributed by atoms with Crippen LogP contribution < -0.4 is 9.64 Å². The largest absolute Gasteiger partial charge is 0.504 e. The molecule has 2 heterocycles. The lowest BCUT2D eigenvalue weighted by atomic mass is 9.93. The minimum absolute atomic E-state index is 0.0564. The van der Waals surface area contributed by atoms with Crippen LogP contribution in [-0.2, 0) is 9.59 Å². The van der Waals surface area contributed by atoms with Crippen LogP contribution in [0.4, 0.5) is 10.2 Å². The number of hydrogen-bond donors (Lipinski definition) is 1. The smallest absolute Gasteiger partial charge is 0.263 e. The fraction of sp³-hybridized carbons (Fsp3) is 0.211. The zero-order valence-corrected chi connectivity index (χ0v) is 14.8. The van der Waals surface area contributed by atoms with Gasteiger partial charge in [-0.25, -0.2) is 9.29 Å². The summed E-state index contributed by atoms with van der Waals surface area (Å²) in [5.41, 5.74) is 0.844. The lowest BCUT2D eigenvalue weighted by Gasteiger charge is -2.17. The zero-order valence-electron chi connectivity index (χ0n) is 14.0. The molecule has 0 saturated carbocycles. The molecule has 1 aliphatic heterocycles. The molecule has 2 aromatic rings. The van der Waals surface area contributed by atoms with Crippen molar-refractivity contribution < 1.29 is 23.8 Å². The number of benzene rings is 1. The van der Waals surface area contributed by atoms with Crippen molar-refractivity contribution in [1.82, 2.24) is 4.98 Å². The standard InChI is InChI=1S/C19H14ClFN2O4/c20-12-9-13(21)16(22-17(12)27-15-8-4-3-7-14(15)24)23-18(25)10-5-1-2-6-11(10)19(23)26/h3-4,7-9,24H,1-2,5-6H2. The number of ether oxygens (including phenoxy) is 1. The van der Waals surface area contributed by atoms with Gasteiger partial charge in [-0.3, -0.25) is 9.59 Å². The summed E-state index contributed by atoms with van der Waals surface area (Å²) in [7, 11) is 0. The van der Waals surface area contributed by atoms with Crippen LogP contribution in [0.2, 0.25) is 5.02 Å². The second kappa shape index (κ2) is 6.66. The number of aromatic hydroxyl groups is 1. The van der Waals surface area contributed by atoms with E-state index in [1.165, 1.54) is 12.1 Å². The summed E-state index contributed by atoms with van der Waals surface area (Å²) < 4.78 is 20.0. The minimum Gasteiger partial charge on any atom is -0.504 e. The van der Waals surface area contributed by atoms with Crippen molar-refractivity contribution in [3.05, 3.63) is 52.3 Å². The zero-order chi connectivity index (χ0) is 19.1. The molecule has 138 valence electrons. The summed E-state index contributed by atoms with van der Waals surface area (Å²) in [6.45, 7) is 0. The van der Waals surface area contributed by atoms with Gasteiger partial charge in [-0.2, -0.15) is 4.98 Å². The average Bonchev–Trinajstić information content (AvgIpc) is 2.91. The molecule has 6 nitrogen and oxygen atoms in total. The number of halogens is 2. The fourth-order valence-corrected chi connectivity index (χ4v) is 3.43. The maximum atomic E-state index is 14.5. The van der Waals surface area contributed by atoms with Crippen molar-refractivity contribution in [2.45, 2.75) is 25.7 Å². The van der Waals surface area contributed by atoms with Crippen molar-refractivity contribution in [3.8, 4) is 17.4 Å². The molecule has 1 aromatic carbocycles. The molecule has 0 atom stereocenters. The summed E-state index contributed by atoms with van der Waals surface area (Å²) >= 11 is 6.00. The fourth-order valence-electron chi connectivity index (χ4n) is 3.25. The van der Waals surface area contributed by atoms with E-state index in [0.29, 0.717) is 24.0 Å².